The highest BCUT2D eigenvalue weighted by Crippen LogP contribution is 2.01. The SMILES string of the molecule is CS(=O)(=O)Nc1ncc(C(=O)O)cn1.c1ccccc1. The number of sulfonamides is 1. The van der Waals surface area contributed by atoms with Crippen LogP contribution >= 0.6 is 0 Å². The smallest absolute Gasteiger partial charge is 0.338 e. The van der Waals surface area contributed by atoms with E-state index in [-0.39, 0.29) is 11.5 Å². The summed E-state index contributed by atoms with van der Waals surface area (Å²) in [6.07, 6.45) is 2.98. The van der Waals surface area contributed by atoms with Crippen LogP contribution in [0.5, 0.6) is 0 Å². The minimum atomic E-state index is -3.43. The van der Waals surface area contributed by atoms with Gasteiger partial charge in [0.05, 0.1) is 11.8 Å². The van der Waals surface area contributed by atoms with Crippen molar-refractivity contribution in [2.45, 2.75) is 0 Å². The van der Waals surface area contributed by atoms with Gasteiger partial charge in [-0.25, -0.2) is 23.2 Å². The van der Waals surface area contributed by atoms with Gasteiger partial charge in [-0.05, 0) is 0 Å². The lowest BCUT2D eigenvalue weighted by molar-refractivity contribution is 0.0696. The number of benzene rings is 1. The van der Waals surface area contributed by atoms with E-state index in [1.54, 1.807) is 0 Å². The Balaban J connectivity index is 0.000000276. The first kappa shape index (κ1) is 15.6. The van der Waals surface area contributed by atoms with E-state index in [1.165, 1.54) is 0 Å². The molecule has 7 nitrogen and oxygen atoms in total. The quantitative estimate of drug-likeness (QED) is 0.881. The molecule has 2 N–H and O–H groups in total. The summed E-state index contributed by atoms with van der Waals surface area (Å²) in [6, 6.07) is 12.0. The molecule has 0 atom stereocenters. The zero-order chi connectivity index (χ0) is 15.0. The predicted octanol–water partition coefficient (Wildman–Crippen LogP) is 1.23. The average molecular weight is 295 g/mol. The summed E-state index contributed by atoms with van der Waals surface area (Å²) < 4.78 is 23.4. The number of rotatable bonds is 3. The number of carboxylic acids is 1. The first-order chi connectivity index (χ1) is 9.38. The topological polar surface area (TPSA) is 109 Å². The van der Waals surface area contributed by atoms with Gasteiger partial charge in [0.2, 0.25) is 16.0 Å². The van der Waals surface area contributed by atoms with Crippen molar-refractivity contribution in [3.05, 3.63) is 54.4 Å². The number of nitrogens with zero attached hydrogens (tertiary/aromatic N) is 2. The van der Waals surface area contributed by atoms with Gasteiger partial charge >= 0.3 is 5.97 Å². The summed E-state index contributed by atoms with van der Waals surface area (Å²) in [5.74, 6) is -1.33. The maximum Gasteiger partial charge on any atom is 0.338 e. The van der Waals surface area contributed by atoms with Crippen molar-refractivity contribution in [2.75, 3.05) is 11.0 Å². The van der Waals surface area contributed by atoms with E-state index in [4.69, 9.17) is 5.11 Å². The molecular weight excluding hydrogens is 282 g/mol. The zero-order valence-electron chi connectivity index (χ0n) is 10.6. The Bertz CT molecular complexity index is 615. The fraction of sp³-hybridized carbons (Fsp3) is 0.0833. The largest absolute Gasteiger partial charge is 0.478 e. The molecule has 2 rings (SSSR count). The second-order valence-electron chi connectivity index (χ2n) is 3.63. The number of hydrogen-bond acceptors (Lipinski definition) is 5. The molecule has 0 spiro atoms. The molecule has 1 aromatic carbocycles. The lowest BCUT2D eigenvalue weighted by Crippen LogP contribution is -2.12. The van der Waals surface area contributed by atoms with Crippen molar-refractivity contribution in [1.29, 1.82) is 0 Å². The summed E-state index contributed by atoms with van der Waals surface area (Å²) in [4.78, 5) is 17.4. The molecule has 106 valence electrons. The molecule has 0 aliphatic heterocycles. The van der Waals surface area contributed by atoms with Crippen molar-refractivity contribution in [3.8, 4) is 0 Å². The van der Waals surface area contributed by atoms with E-state index in [9.17, 15) is 13.2 Å². The molecule has 0 saturated heterocycles. The summed E-state index contributed by atoms with van der Waals surface area (Å²) in [6.45, 7) is 0. The van der Waals surface area contributed by atoms with Gasteiger partial charge in [-0.1, -0.05) is 36.4 Å². The van der Waals surface area contributed by atoms with Crippen LogP contribution in [0.15, 0.2) is 48.8 Å². The Labute approximate surface area is 116 Å². The second kappa shape index (κ2) is 7.19. The van der Waals surface area contributed by atoms with Crippen molar-refractivity contribution in [3.63, 3.8) is 0 Å². The fourth-order valence-corrected chi connectivity index (χ4v) is 1.48. The lowest BCUT2D eigenvalue weighted by atomic mass is 10.4. The standard InChI is InChI=1S/C6H7N3O4S.C6H6/c1-14(12,13)9-6-7-2-4(3-8-6)5(10)11;1-2-4-6-5-3-1/h2-3H,1H3,(H,10,11)(H,7,8,9);1-6H. The molecule has 0 radical (unpaired) electrons. The maximum atomic E-state index is 10.7. The van der Waals surface area contributed by atoms with Crippen LogP contribution in [-0.2, 0) is 10.0 Å². The highest BCUT2D eigenvalue weighted by Gasteiger charge is 2.06. The van der Waals surface area contributed by atoms with E-state index in [0.717, 1.165) is 18.6 Å². The van der Waals surface area contributed by atoms with E-state index >= 15 is 0 Å². The van der Waals surface area contributed by atoms with Gasteiger partial charge < -0.3 is 5.11 Å². The van der Waals surface area contributed by atoms with Crippen LogP contribution in [0.4, 0.5) is 5.95 Å². The van der Waals surface area contributed by atoms with Crippen molar-refractivity contribution >= 4 is 21.9 Å². The summed E-state index contributed by atoms with van der Waals surface area (Å²) in [7, 11) is -3.43. The number of hydrogen-bond donors (Lipinski definition) is 2. The Morgan fingerprint density at radius 1 is 1.05 bits per heavy atom. The second-order valence-corrected chi connectivity index (χ2v) is 5.38. The number of carboxylic acid groups (broad SMARTS) is 1. The maximum absolute atomic E-state index is 10.7. The van der Waals surface area contributed by atoms with E-state index in [0.29, 0.717) is 0 Å². The molecule has 1 heterocycles. The first-order valence-electron chi connectivity index (χ1n) is 5.41. The molecule has 1 aromatic heterocycles. The molecule has 8 heteroatoms. The monoisotopic (exact) mass is 295 g/mol. The molecule has 0 aliphatic carbocycles. The van der Waals surface area contributed by atoms with Gasteiger partial charge in [-0.15, -0.1) is 0 Å². The zero-order valence-corrected chi connectivity index (χ0v) is 11.4. The molecule has 0 fully saturated rings. The summed E-state index contributed by atoms with van der Waals surface area (Å²) in [5, 5.41) is 8.49. The van der Waals surface area contributed by atoms with Crippen LogP contribution in [-0.4, -0.2) is 35.7 Å². The highest BCUT2D eigenvalue weighted by atomic mass is 32.2. The molecule has 0 amide bonds. The van der Waals surface area contributed by atoms with Crippen LogP contribution in [0.3, 0.4) is 0 Å². The van der Waals surface area contributed by atoms with Gasteiger partial charge in [-0.3, -0.25) is 4.72 Å². The van der Waals surface area contributed by atoms with Gasteiger partial charge in [-0.2, -0.15) is 0 Å². The van der Waals surface area contributed by atoms with Crippen LogP contribution in [0.2, 0.25) is 0 Å². The third-order valence-electron chi connectivity index (χ3n) is 1.84. The first-order valence-corrected chi connectivity index (χ1v) is 7.31. The predicted molar refractivity (Wildman–Crippen MR) is 73.9 cm³/mol. The minimum absolute atomic E-state index is 0.107. The van der Waals surface area contributed by atoms with E-state index < -0.39 is 16.0 Å². The number of anilines is 1. The lowest BCUT2D eigenvalue weighted by Gasteiger charge is -2.00. The van der Waals surface area contributed by atoms with Crippen LogP contribution in [0.1, 0.15) is 10.4 Å². The van der Waals surface area contributed by atoms with Gasteiger partial charge in [0.15, 0.2) is 0 Å². The number of aromatic nitrogens is 2. The van der Waals surface area contributed by atoms with Crippen molar-refractivity contribution in [2.24, 2.45) is 0 Å². The molecule has 20 heavy (non-hydrogen) atoms. The Morgan fingerprint density at radius 3 is 1.75 bits per heavy atom. The van der Waals surface area contributed by atoms with Gasteiger partial charge in [0.1, 0.15) is 0 Å². The Morgan fingerprint density at radius 2 is 1.45 bits per heavy atom. The molecule has 0 unspecified atom stereocenters. The fourth-order valence-electron chi connectivity index (χ4n) is 1.04. The number of carbonyl (C=O) groups is 1. The van der Waals surface area contributed by atoms with Crippen molar-refractivity contribution in [1.82, 2.24) is 9.97 Å². The van der Waals surface area contributed by atoms with Gasteiger partial charge in [0, 0.05) is 12.4 Å². The summed E-state index contributed by atoms with van der Waals surface area (Å²) >= 11 is 0. The third kappa shape index (κ3) is 6.45. The Hall–Kier alpha value is -2.48. The van der Waals surface area contributed by atoms with Crippen LogP contribution in [0.25, 0.3) is 0 Å². The van der Waals surface area contributed by atoms with E-state index in [1.807, 2.05) is 41.1 Å². The Kier molecular flexibility index (Phi) is 5.60. The van der Waals surface area contributed by atoms with E-state index in [2.05, 4.69) is 9.97 Å². The highest BCUT2D eigenvalue weighted by molar-refractivity contribution is 7.91. The number of nitrogens with one attached hydrogen (secondary N) is 1. The average Bonchev–Trinajstić information content (AvgIpc) is 2.40. The molecule has 2 aromatic rings. The van der Waals surface area contributed by atoms with Gasteiger partial charge in [0.25, 0.3) is 0 Å². The number of aromatic carboxylic acids is 1. The van der Waals surface area contributed by atoms with Crippen LogP contribution < -0.4 is 4.72 Å². The van der Waals surface area contributed by atoms with Crippen molar-refractivity contribution < 1.29 is 18.3 Å². The molecule has 0 saturated carbocycles. The summed E-state index contributed by atoms with van der Waals surface area (Å²) in [5.41, 5.74) is -0.107. The normalized spacial score (nSPS) is 10.1. The van der Waals surface area contributed by atoms with Crippen LogP contribution in [0, 0.1) is 0 Å². The molecular formula is C12H13N3O4S. The molecule has 0 bridgehead atoms. The molecule has 0 aliphatic rings. The minimum Gasteiger partial charge on any atom is -0.478 e. The third-order valence-corrected chi connectivity index (χ3v) is 2.40.